The average molecular weight is 379 g/mol. The summed E-state index contributed by atoms with van der Waals surface area (Å²) < 4.78 is 5.60. The SMILES string of the molecule is CC1(c2cccc(-c3cc(Cl)ccc3Cl)c2)COCC(NOC=O)=N1. The van der Waals surface area contributed by atoms with Crippen molar-refractivity contribution in [1.82, 2.24) is 5.48 Å². The zero-order chi connectivity index (χ0) is 17.9. The van der Waals surface area contributed by atoms with Crippen molar-refractivity contribution >= 4 is 35.5 Å². The molecule has 1 heterocycles. The fraction of sp³-hybridized carbons (Fsp3) is 0.222. The second-order valence-corrected chi connectivity index (χ2v) is 6.69. The Kier molecular flexibility index (Phi) is 5.27. The monoisotopic (exact) mass is 378 g/mol. The predicted molar refractivity (Wildman–Crippen MR) is 97.8 cm³/mol. The van der Waals surface area contributed by atoms with E-state index < -0.39 is 5.54 Å². The van der Waals surface area contributed by atoms with E-state index in [0.717, 1.165) is 16.7 Å². The van der Waals surface area contributed by atoms with Crippen molar-refractivity contribution in [2.75, 3.05) is 13.2 Å². The number of hydrogen-bond donors (Lipinski definition) is 1. The fourth-order valence-electron chi connectivity index (χ4n) is 2.74. The maximum absolute atomic E-state index is 10.3. The highest BCUT2D eigenvalue weighted by atomic mass is 35.5. The van der Waals surface area contributed by atoms with Gasteiger partial charge in [0.2, 0.25) is 0 Å². The number of carbonyl (C=O) groups is 1. The zero-order valence-electron chi connectivity index (χ0n) is 13.5. The van der Waals surface area contributed by atoms with Gasteiger partial charge in [-0.05, 0) is 42.3 Å². The molecule has 0 amide bonds. The molecular formula is C18H16Cl2N2O3. The summed E-state index contributed by atoms with van der Waals surface area (Å²) in [5.41, 5.74) is 4.60. The van der Waals surface area contributed by atoms with Gasteiger partial charge < -0.3 is 9.57 Å². The Hall–Kier alpha value is -2.08. The molecule has 5 nitrogen and oxygen atoms in total. The molecule has 0 aliphatic carbocycles. The largest absolute Gasteiger partial charge is 0.371 e. The third kappa shape index (κ3) is 3.95. The number of rotatable bonds is 4. The van der Waals surface area contributed by atoms with E-state index in [9.17, 15) is 4.79 Å². The highest BCUT2D eigenvalue weighted by molar-refractivity contribution is 6.35. The molecule has 0 radical (unpaired) electrons. The normalized spacial score (nSPS) is 19.9. The Morgan fingerprint density at radius 3 is 2.92 bits per heavy atom. The van der Waals surface area contributed by atoms with Crippen LogP contribution in [0.1, 0.15) is 12.5 Å². The van der Waals surface area contributed by atoms with Gasteiger partial charge in [0.15, 0.2) is 5.84 Å². The molecular weight excluding hydrogens is 363 g/mol. The van der Waals surface area contributed by atoms with Gasteiger partial charge in [-0.2, -0.15) is 0 Å². The van der Waals surface area contributed by atoms with Gasteiger partial charge >= 0.3 is 6.47 Å². The smallest absolute Gasteiger partial charge is 0.320 e. The topological polar surface area (TPSA) is 59.9 Å². The van der Waals surface area contributed by atoms with E-state index in [1.54, 1.807) is 12.1 Å². The van der Waals surface area contributed by atoms with Gasteiger partial charge in [0, 0.05) is 15.6 Å². The van der Waals surface area contributed by atoms with Gasteiger partial charge in [0.05, 0.1) is 6.61 Å². The van der Waals surface area contributed by atoms with Crippen LogP contribution in [-0.4, -0.2) is 25.5 Å². The molecule has 2 aromatic rings. The lowest BCUT2D eigenvalue weighted by atomic mass is 9.90. The molecule has 2 aromatic carbocycles. The standard InChI is InChI=1S/C18H16Cl2N2O3/c1-18(10-24-9-17(21-18)22-25-11-23)13-4-2-3-12(7-13)15-8-14(19)5-6-16(15)20/h2-8,11H,9-10H2,1H3,(H,21,22). The van der Waals surface area contributed by atoms with Gasteiger partial charge in [0.1, 0.15) is 12.1 Å². The van der Waals surface area contributed by atoms with Gasteiger partial charge in [-0.1, -0.05) is 41.4 Å². The highest BCUT2D eigenvalue weighted by Gasteiger charge is 2.31. The van der Waals surface area contributed by atoms with Crippen LogP contribution in [0.25, 0.3) is 11.1 Å². The van der Waals surface area contributed by atoms with Crippen molar-refractivity contribution in [3.8, 4) is 11.1 Å². The maximum atomic E-state index is 10.3. The summed E-state index contributed by atoms with van der Waals surface area (Å²) in [6.07, 6.45) is 0. The number of nitrogens with one attached hydrogen (secondary N) is 1. The summed E-state index contributed by atoms with van der Waals surface area (Å²) in [6, 6.07) is 13.2. The number of carbonyl (C=O) groups excluding carboxylic acids is 1. The molecule has 7 heteroatoms. The number of amidine groups is 1. The number of halogens is 2. The van der Waals surface area contributed by atoms with Crippen molar-refractivity contribution in [2.24, 2.45) is 4.99 Å². The summed E-state index contributed by atoms with van der Waals surface area (Å²) in [7, 11) is 0. The van der Waals surface area contributed by atoms with Gasteiger partial charge in [-0.3, -0.25) is 9.79 Å². The maximum Gasteiger partial charge on any atom is 0.320 e. The Labute approximate surface area is 155 Å². The minimum absolute atomic E-state index is 0.253. The van der Waals surface area contributed by atoms with E-state index in [1.165, 1.54) is 0 Å². The molecule has 0 saturated carbocycles. The lowest BCUT2D eigenvalue weighted by Crippen LogP contribution is -2.40. The van der Waals surface area contributed by atoms with Crippen LogP contribution < -0.4 is 5.48 Å². The van der Waals surface area contributed by atoms with E-state index in [-0.39, 0.29) is 6.61 Å². The summed E-state index contributed by atoms with van der Waals surface area (Å²) in [6.45, 7) is 2.92. The van der Waals surface area contributed by atoms with Crippen molar-refractivity contribution < 1.29 is 14.4 Å². The summed E-state index contributed by atoms with van der Waals surface area (Å²) in [5, 5.41) is 1.24. The van der Waals surface area contributed by atoms with Crippen LogP contribution in [0.5, 0.6) is 0 Å². The van der Waals surface area contributed by atoms with E-state index in [0.29, 0.717) is 29.0 Å². The number of ether oxygens (including phenoxy) is 1. The lowest BCUT2D eigenvalue weighted by Gasteiger charge is -2.31. The lowest BCUT2D eigenvalue weighted by molar-refractivity contribution is -0.132. The van der Waals surface area contributed by atoms with E-state index in [4.69, 9.17) is 27.9 Å². The van der Waals surface area contributed by atoms with Crippen LogP contribution >= 0.6 is 23.2 Å². The first-order chi connectivity index (χ1) is 12.0. The molecule has 0 aromatic heterocycles. The molecule has 0 spiro atoms. The molecule has 1 aliphatic heterocycles. The number of benzene rings is 2. The van der Waals surface area contributed by atoms with Crippen LogP contribution in [-0.2, 0) is 19.9 Å². The van der Waals surface area contributed by atoms with Crippen molar-refractivity contribution in [3.05, 3.63) is 58.1 Å². The van der Waals surface area contributed by atoms with E-state index >= 15 is 0 Å². The Morgan fingerprint density at radius 1 is 1.28 bits per heavy atom. The predicted octanol–water partition coefficient (Wildman–Crippen LogP) is 3.98. The van der Waals surface area contributed by atoms with Crippen LogP contribution in [0, 0.1) is 0 Å². The van der Waals surface area contributed by atoms with Crippen molar-refractivity contribution in [2.45, 2.75) is 12.5 Å². The number of hydrogen-bond acceptors (Lipinski definition) is 5. The Morgan fingerprint density at radius 2 is 2.12 bits per heavy atom. The van der Waals surface area contributed by atoms with Gasteiger partial charge in [0.25, 0.3) is 0 Å². The van der Waals surface area contributed by atoms with Crippen LogP contribution in [0.2, 0.25) is 10.0 Å². The van der Waals surface area contributed by atoms with Crippen LogP contribution in [0.15, 0.2) is 47.5 Å². The minimum Gasteiger partial charge on any atom is -0.371 e. The first-order valence-electron chi connectivity index (χ1n) is 7.59. The average Bonchev–Trinajstić information content (AvgIpc) is 2.62. The first-order valence-corrected chi connectivity index (χ1v) is 8.35. The third-order valence-electron chi connectivity index (χ3n) is 3.95. The molecule has 25 heavy (non-hydrogen) atoms. The van der Waals surface area contributed by atoms with E-state index in [2.05, 4.69) is 15.3 Å². The highest BCUT2D eigenvalue weighted by Crippen LogP contribution is 2.35. The molecule has 3 rings (SSSR count). The van der Waals surface area contributed by atoms with Crippen LogP contribution in [0.3, 0.4) is 0 Å². The second-order valence-electron chi connectivity index (χ2n) is 5.85. The molecule has 0 bridgehead atoms. The molecule has 130 valence electrons. The molecule has 1 atom stereocenters. The Balaban J connectivity index is 1.98. The summed E-state index contributed by atoms with van der Waals surface area (Å²) in [4.78, 5) is 19.5. The summed E-state index contributed by atoms with van der Waals surface area (Å²) in [5.74, 6) is 0.451. The summed E-state index contributed by atoms with van der Waals surface area (Å²) >= 11 is 12.4. The van der Waals surface area contributed by atoms with Gasteiger partial charge in [-0.25, -0.2) is 5.48 Å². The molecule has 1 aliphatic rings. The molecule has 1 unspecified atom stereocenters. The first kappa shape index (κ1) is 17.7. The van der Waals surface area contributed by atoms with Crippen molar-refractivity contribution in [3.63, 3.8) is 0 Å². The van der Waals surface area contributed by atoms with E-state index in [1.807, 2.05) is 37.3 Å². The second kappa shape index (κ2) is 7.44. The minimum atomic E-state index is -0.617. The molecule has 0 saturated heterocycles. The number of hydroxylamine groups is 1. The zero-order valence-corrected chi connectivity index (χ0v) is 15.0. The molecule has 0 fully saturated rings. The quantitative estimate of drug-likeness (QED) is 0.645. The third-order valence-corrected chi connectivity index (χ3v) is 4.52. The Bertz CT molecular complexity index is 826. The van der Waals surface area contributed by atoms with Crippen LogP contribution in [0.4, 0.5) is 0 Å². The van der Waals surface area contributed by atoms with Gasteiger partial charge in [-0.15, -0.1) is 0 Å². The van der Waals surface area contributed by atoms with Crippen molar-refractivity contribution in [1.29, 1.82) is 0 Å². The number of nitrogens with zero attached hydrogens (tertiary/aromatic N) is 1. The fourth-order valence-corrected chi connectivity index (χ4v) is 3.14. The number of aliphatic imine (C=N–C) groups is 1. The molecule has 1 N–H and O–H groups in total.